The number of methoxy groups -OCH3 is 1. The van der Waals surface area contributed by atoms with Crippen molar-refractivity contribution in [1.82, 2.24) is 19.9 Å². The molecule has 0 amide bonds. The van der Waals surface area contributed by atoms with Crippen LogP contribution in [0.3, 0.4) is 0 Å². The lowest BCUT2D eigenvalue weighted by Crippen LogP contribution is -2.37. The molecule has 0 saturated carbocycles. The fourth-order valence-electron chi connectivity index (χ4n) is 3.87. The highest BCUT2D eigenvalue weighted by Crippen LogP contribution is 2.29. The topological polar surface area (TPSA) is 63.2 Å². The maximum absolute atomic E-state index is 6.08. The summed E-state index contributed by atoms with van der Waals surface area (Å²) >= 11 is 6.08. The molecule has 0 spiro atoms. The molecule has 1 aliphatic rings. The van der Waals surface area contributed by atoms with Crippen molar-refractivity contribution >= 4 is 17.4 Å². The van der Waals surface area contributed by atoms with Crippen LogP contribution in [0.4, 0.5) is 5.82 Å². The van der Waals surface area contributed by atoms with Crippen LogP contribution in [-0.4, -0.2) is 59.7 Å². The second kappa shape index (κ2) is 10.7. The zero-order valence-electron chi connectivity index (χ0n) is 17.8. The first kappa shape index (κ1) is 21.7. The van der Waals surface area contributed by atoms with Gasteiger partial charge < -0.3 is 15.0 Å². The zero-order chi connectivity index (χ0) is 21.5. The summed E-state index contributed by atoms with van der Waals surface area (Å²) in [4.78, 5) is 16.1. The van der Waals surface area contributed by atoms with Crippen LogP contribution >= 0.6 is 11.6 Å². The van der Waals surface area contributed by atoms with Gasteiger partial charge in [-0.05, 0) is 61.7 Å². The molecule has 6 nitrogen and oxygen atoms in total. The third-order valence-electron chi connectivity index (χ3n) is 5.74. The van der Waals surface area contributed by atoms with E-state index in [9.17, 15) is 0 Å². The lowest BCUT2D eigenvalue weighted by Gasteiger charge is -2.32. The van der Waals surface area contributed by atoms with Crippen LogP contribution in [0.2, 0.25) is 5.02 Å². The molecule has 0 atom stereocenters. The van der Waals surface area contributed by atoms with Crippen molar-refractivity contribution < 1.29 is 4.74 Å². The van der Waals surface area contributed by atoms with Gasteiger partial charge >= 0.3 is 0 Å². The molecule has 3 aromatic rings. The highest BCUT2D eigenvalue weighted by Gasteiger charge is 2.20. The third kappa shape index (κ3) is 5.79. The van der Waals surface area contributed by atoms with Gasteiger partial charge in [-0.2, -0.15) is 0 Å². The number of ether oxygens (including phenoxy) is 1. The smallest absolute Gasteiger partial charge is 0.163 e. The van der Waals surface area contributed by atoms with E-state index in [-0.39, 0.29) is 0 Å². The highest BCUT2D eigenvalue weighted by atomic mass is 35.5. The van der Waals surface area contributed by atoms with E-state index in [1.54, 1.807) is 19.5 Å². The van der Waals surface area contributed by atoms with Crippen molar-refractivity contribution in [3.63, 3.8) is 0 Å². The Kier molecular flexibility index (Phi) is 7.46. The summed E-state index contributed by atoms with van der Waals surface area (Å²) in [5.74, 6) is 2.13. The van der Waals surface area contributed by atoms with E-state index in [0.29, 0.717) is 16.8 Å². The van der Waals surface area contributed by atoms with Crippen molar-refractivity contribution in [1.29, 1.82) is 0 Å². The molecule has 0 aliphatic carbocycles. The normalized spacial score (nSPS) is 15.2. The second-order valence-electron chi connectivity index (χ2n) is 7.86. The maximum atomic E-state index is 6.08. The van der Waals surface area contributed by atoms with Gasteiger partial charge in [0.25, 0.3) is 0 Å². The first-order chi connectivity index (χ1) is 15.2. The standard InChI is InChI=1S/C24H28ClN5O/c1-31-14-13-30-11-8-18(9-12-30)15-27-24-22(19-4-6-21(25)7-5-19)17-28-23(29-24)20-3-2-10-26-16-20/h2-7,10,16-18H,8-9,11-15H2,1H3,(H,27,28,29). The Balaban J connectivity index is 1.51. The van der Waals surface area contributed by atoms with E-state index in [4.69, 9.17) is 21.3 Å². The summed E-state index contributed by atoms with van der Waals surface area (Å²) in [6, 6.07) is 11.7. The maximum Gasteiger partial charge on any atom is 0.163 e. The Bertz CT molecular complexity index is 959. The van der Waals surface area contributed by atoms with Crippen LogP contribution in [0, 0.1) is 5.92 Å². The molecule has 7 heteroatoms. The van der Waals surface area contributed by atoms with Crippen LogP contribution in [0.25, 0.3) is 22.5 Å². The lowest BCUT2D eigenvalue weighted by atomic mass is 9.96. The molecule has 0 radical (unpaired) electrons. The van der Waals surface area contributed by atoms with Crippen molar-refractivity contribution in [3.05, 3.63) is 60.0 Å². The lowest BCUT2D eigenvalue weighted by molar-refractivity contribution is 0.122. The molecule has 1 N–H and O–H groups in total. The number of nitrogens with zero attached hydrogens (tertiary/aromatic N) is 4. The highest BCUT2D eigenvalue weighted by molar-refractivity contribution is 6.30. The van der Waals surface area contributed by atoms with E-state index in [1.807, 2.05) is 42.6 Å². The number of pyridine rings is 1. The molecule has 0 unspecified atom stereocenters. The Morgan fingerprint density at radius 1 is 1.10 bits per heavy atom. The molecule has 1 aliphatic heterocycles. The fourth-order valence-corrected chi connectivity index (χ4v) is 3.99. The molecule has 3 heterocycles. The molecular formula is C24H28ClN5O. The van der Waals surface area contributed by atoms with Crippen LogP contribution in [-0.2, 0) is 4.74 Å². The largest absolute Gasteiger partial charge is 0.383 e. The summed E-state index contributed by atoms with van der Waals surface area (Å²) < 4.78 is 5.21. The van der Waals surface area contributed by atoms with Gasteiger partial charge in [0.05, 0.1) is 6.61 Å². The van der Waals surface area contributed by atoms with E-state index >= 15 is 0 Å². The van der Waals surface area contributed by atoms with Gasteiger partial charge in [-0.1, -0.05) is 23.7 Å². The van der Waals surface area contributed by atoms with Crippen molar-refractivity contribution in [2.24, 2.45) is 5.92 Å². The van der Waals surface area contributed by atoms with Gasteiger partial charge in [-0.3, -0.25) is 4.98 Å². The van der Waals surface area contributed by atoms with E-state index in [2.05, 4.69) is 20.2 Å². The summed E-state index contributed by atoms with van der Waals surface area (Å²) in [7, 11) is 1.76. The quantitative estimate of drug-likeness (QED) is 0.554. The second-order valence-corrected chi connectivity index (χ2v) is 8.30. The predicted octanol–water partition coefficient (Wildman–Crippen LogP) is 4.63. The van der Waals surface area contributed by atoms with Gasteiger partial charge in [-0.25, -0.2) is 9.97 Å². The van der Waals surface area contributed by atoms with Crippen molar-refractivity contribution in [2.45, 2.75) is 12.8 Å². The fraction of sp³-hybridized carbons (Fsp3) is 0.375. The van der Waals surface area contributed by atoms with E-state index < -0.39 is 0 Å². The number of likely N-dealkylation sites (tertiary alicyclic amines) is 1. The number of aromatic nitrogens is 3. The van der Waals surface area contributed by atoms with Crippen molar-refractivity contribution in [3.8, 4) is 22.5 Å². The molecule has 1 saturated heterocycles. The first-order valence-electron chi connectivity index (χ1n) is 10.7. The summed E-state index contributed by atoms with van der Waals surface area (Å²) in [5.41, 5.74) is 2.92. The van der Waals surface area contributed by atoms with Gasteiger partial charge in [-0.15, -0.1) is 0 Å². The van der Waals surface area contributed by atoms with Gasteiger partial charge in [0.2, 0.25) is 0 Å². The Morgan fingerprint density at radius 3 is 2.61 bits per heavy atom. The molecular weight excluding hydrogens is 410 g/mol. The number of piperidine rings is 1. The van der Waals surface area contributed by atoms with E-state index in [1.165, 1.54) is 12.8 Å². The predicted molar refractivity (Wildman–Crippen MR) is 125 cm³/mol. The van der Waals surface area contributed by atoms with Crippen LogP contribution in [0.1, 0.15) is 12.8 Å². The van der Waals surface area contributed by atoms with Gasteiger partial charge in [0.15, 0.2) is 5.82 Å². The van der Waals surface area contributed by atoms with Crippen LogP contribution in [0.15, 0.2) is 55.0 Å². The minimum Gasteiger partial charge on any atom is -0.383 e. The molecule has 162 valence electrons. The zero-order valence-corrected chi connectivity index (χ0v) is 18.6. The summed E-state index contributed by atoms with van der Waals surface area (Å²) in [5, 5.41) is 4.33. The molecule has 31 heavy (non-hydrogen) atoms. The molecule has 1 fully saturated rings. The van der Waals surface area contributed by atoms with Gasteiger partial charge in [0.1, 0.15) is 5.82 Å². The average Bonchev–Trinajstić information content (AvgIpc) is 2.83. The minimum absolute atomic E-state index is 0.619. The third-order valence-corrected chi connectivity index (χ3v) is 5.99. The number of hydrogen-bond donors (Lipinski definition) is 1. The number of benzene rings is 1. The Hall–Kier alpha value is -2.54. The summed E-state index contributed by atoms with van der Waals surface area (Å²) in [6.07, 6.45) is 7.77. The van der Waals surface area contributed by atoms with Gasteiger partial charge in [0, 0.05) is 54.9 Å². The number of halogens is 1. The van der Waals surface area contributed by atoms with Crippen molar-refractivity contribution in [2.75, 3.05) is 45.2 Å². The molecule has 1 aromatic carbocycles. The SMILES string of the molecule is COCCN1CCC(CNc2nc(-c3cccnc3)ncc2-c2ccc(Cl)cc2)CC1. The molecule has 4 rings (SSSR count). The number of hydrogen-bond acceptors (Lipinski definition) is 6. The number of rotatable bonds is 8. The van der Waals surface area contributed by atoms with Crippen LogP contribution in [0.5, 0.6) is 0 Å². The first-order valence-corrected chi connectivity index (χ1v) is 11.1. The number of anilines is 1. The van der Waals surface area contributed by atoms with Crippen LogP contribution < -0.4 is 5.32 Å². The average molecular weight is 438 g/mol. The van der Waals surface area contributed by atoms with E-state index in [0.717, 1.165) is 55.3 Å². The summed E-state index contributed by atoms with van der Waals surface area (Å²) in [6.45, 7) is 4.93. The molecule has 0 bridgehead atoms. The Morgan fingerprint density at radius 2 is 1.90 bits per heavy atom. The monoisotopic (exact) mass is 437 g/mol. The minimum atomic E-state index is 0.619. The number of nitrogens with one attached hydrogen (secondary N) is 1. The Labute approximate surface area is 188 Å². The molecule has 2 aromatic heterocycles.